The molecule has 0 radical (unpaired) electrons. The molecule has 0 saturated carbocycles. The lowest BCUT2D eigenvalue weighted by Gasteiger charge is -2.35. The lowest BCUT2D eigenvalue weighted by molar-refractivity contribution is -0.133. The molecule has 0 aromatic carbocycles. The van der Waals surface area contributed by atoms with Gasteiger partial charge in [0.15, 0.2) is 0 Å². The van der Waals surface area contributed by atoms with Gasteiger partial charge in [0.25, 0.3) is 0 Å². The van der Waals surface area contributed by atoms with Crippen LogP contribution in [0, 0.1) is 0 Å². The van der Waals surface area contributed by atoms with Gasteiger partial charge in [-0.15, -0.1) is 0 Å². The Labute approximate surface area is 128 Å². The van der Waals surface area contributed by atoms with Gasteiger partial charge in [0.2, 0.25) is 5.91 Å². The van der Waals surface area contributed by atoms with Gasteiger partial charge in [-0.3, -0.25) is 14.6 Å². The van der Waals surface area contributed by atoms with Crippen LogP contribution in [0.4, 0.5) is 0 Å². The van der Waals surface area contributed by atoms with E-state index in [2.05, 4.69) is 14.7 Å². The van der Waals surface area contributed by atoms with Gasteiger partial charge in [-0.1, -0.05) is 0 Å². The molecular weight excluding hydrogens is 264 g/mol. The Kier molecular flexibility index (Phi) is 5.14. The van der Waals surface area contributed by atoms with E-state index >= 15 is 0 Å². The summed E-state index contributed by atoms with van der Waals surface area (Å²) < 4.78 is 0. The molecule has 3 aliphatic rings. The number of rotatable bonds is 3. The maximum atomic E-state index is 12.3. The van der Waals surface area contributed by atoms with Crippen molar-refractivity contribution in [2.45, 2.75) is 50.6 Å². The Morgan fingerprint density at radius 3 is 2.38 bits per heavy atom. The van der Waals surface area contributed by atoms with Crippen molar-refractivity contribution in [1.82, 2.24) is 14.7 Å². The van der Waals surface area contributed by atoms with Gasteiger partial charge in [0.05, 0.1) is 6.54 Å². The Hall–Kier alpha value is -0.650. The summed E-state index contributed by atoms with van der Waals surface area (Å²) >= 11 is 0. The van der Waals surface area contributed by atoms with Gasteiger partial charge in [0, 0.05) is 38.3 Å². The molecule has 0 aliphatic carbocycles. The second-order valence-electron chi connectivity index (χ2n) is 6.99. The predicted molar refractivity (Wildman–Crippen MR) is 84.1 cm³/mol. The highest BCUT2D eigenvalue weighted by Gasteiger charge is 2.31. The minimum Gasteiger partial charge on any atom is -0.342 e. The molecule has 0 bridgehead atoms. The van der Waals surface area contributed by atoms with Gasteiger partial charge < -0.3 is 10.6 Å². The first-order chi connectivity index (χ1) is 10.2. The number of carbonyl (C=O) groups is 1. The fourth-order valence-corrected chi connectivity index (χ4v) is 3.97. The summed E-state index contributed by atoms with van der Waals surface area (Å²) in [4.78, 5) is 19.3. The van der Waals surface area contributed by atoms with Crippen molar-refractivity contribution in [3.8, 4) is 0 Å². The number of likely N-dealkylation sites (tertiary alicyclic amines) is 3. The second kappa shape index (κ2) is 7.07. The van der Waals surface area contributed by atoms with Crippen molar-refractivity contribution in [2.24, 2.45) is 5.73 Å². The van der Waals surface area contributed by atoms with Gasteiger partial charge in [0.1, 0.15) is 0 Å². The molecule has 3 fully saturated rings. The number of hydrogen-bond acceptors (Lipinski definition) is 4. The molecular formula is C16H30N4O. The van der Waals surface area contributed by atoms with E-state index < -0.39 is 0 Å². The first-order valence-electron chi connectivity index (χ1n) is 8.72. The van der Waals surface area contributed by atoms with Crippen LogP contribution < -0.4 is 5.73 Å². The van der Waals surface area contributed by atoms with Crippen LogP contribution in [0.3, 0.4) is 0 Å². The van der Waals surface area contributed by atoms with Crippen molar-refractivity contribution >= 4 is 5.91 Å². The second-order valence-corrected chi connectivity index (χ2v) is 6.99. The Morgan fingerprint density at radius 1 is 0.952 bits per heavy atom. The molecule has 1 unspecified atom stereocenters. The third kappa shape index (κ3) is 3.96. The highest BCUT2D eigenvalue weighted by atomic mass is 16.2. The molecule has 0 aromatic rings. The van der Waals surface area contributed by atoms with E-state index in [1.54, 1.807) is 0 Å². The molecule has 1 atom stereocenters. The van der Waals surface area contributed by atoms with Crippen molar-refractivity contribution in [1.29, 1.82) is 0 Å². The SMILES string of the molecule is NC1CCN(C2CCN(CC(=O)N3CCCCC3)C2)CC1. The third-order valence-corrected chi connectivity index (χ3v) is 5.41. The molecule has 5 nitrogen and oxygen atoms in total. The van der Waals surface area contributed by atoms with E-state index in [0.717, 1.165) is 52.1 Å². The van der Waals surface area contributed by atoms with Crippen molar-refractivity contribution < 1.29 is 4.79 Å². The minimum atomic E-state index is 0.344. The lowest BCUT2D eigenvalue weighted by atomic mass is 10.0. The number of amides is 1. The number of nitrogens with zero attached hydrogens (tertiary/aromatic N) is 3. The van der Waals surface area contributed by atoms with Crippen LogP contribution in [-0.4, -0.2) is 78.5 Å². The third-order valence-electron chi connectivity index (χ3n) is 5.41. The highest BCUT2D eigenvalue weighted by Crippen LogP contribution is 2.20. The first-order valence-corrected chi connectivity index (χ1v) is 8.72. The highest BCUT2D eigenvalue weighted by molar-refractivity contribution is 5.78. The quantitative estimate of drug-likeness (QED) is 0.823. The number of nitrogens with two attached hydrogens (primary N) is 1. The van der Waals surface area contributed by atoms with Gasteiger partial charge in [-0.2, -0.15) is 0 Å². The molecule has 3 saturated heterocycles. The van der Waals surface area contributed by atoms with Crippen LogP contribution in [0.25, 0.3) is 0 Å². The smallest absolute Gasteiger partial charge is 0.236 e. The molecule has 120 valence electrons. The van der Waals surface area contributed by atoms with Crippen molar-refractivity contribution in [2.75, 3.05) is 45.8 Å². The van der Waals surface area contributed by atoms with E-state index in [0.29, 0.717) is 24.5 Å². The average Bonchev–Trinajstić information content (AvgIpc) is 2.97. The summed E-state index contributed by atoms with van der Waals surface area (Å²) in [5.74, 6) is 0.344. The largest absolute Gasteiger partial charge is 0.342 e. The standard InChI is InChI=1S/C16H30N4O/c17-14-4-10-19(11-5-14)15-6-9-18(12-15)13-16(21)20-7-2-1-3-8-20/h14-15H,1-13,17H2. The molecule has 2 N–H and O–H groups in total. The summed E-state index contributed by atoms with van der Waals surface area (Å²) in [6.45, 7) is 6.99. The molecule has 0 aromatic heterocycles. The van der Waals surface area contributed by atoms with Gasteiger partial charge >= 0.3 is 0 Å². The number of piperidine rings is 2. The molecule has 1 amide bonds. The molecule has 3 aliphatic heterocycles. The average molecular weight is 294 g/mol. The van der Waals surface area contributed by atoms with Crippen LogP contribution in [0.2, 0.25) is 0 Å². The van der Waals surface area contributed by atoms with Crippen molar-refractivity contribution in [3.63, 3.8) is 0 Å². The van der Waals surface area contributed by atoms with E-state index in [1.165, 1.54) is 25.7 Å². The zero-order chi connectivity index (χ0) is 14.7. The zero-order valence-corrected chi connectivity index (χ0v) is 13.2. The van der Waals surface area contributed by atoms with E-state index in [1.807, 2.05) is 0 Å². The van der Waals surface area contributed by atoms with E-state index in [4.69, 9.17) is 5.73 Å². The summed E-state index contributed by atoms with van der Waals surface area (Å²) in [5.41, 5.74) is 5.98. The molecule has 5 heteroatoms. The van der Waals surface area contributed by atoms with Gasteiger partial charge in [-0.25, -0.2) is 0 Å². The van der Waals surface area contributed by atoms with Crippen LogP contribution >= 0.6 is 0 Å². The minimum absolute atomic E-state index is 0.344. The maximum absolute atomic E-state index is 12.3. The monoisotopic (exact) mass is 294 g/mol. The number of hydrogen-bond donors (Lipinski definition) is 1. The fourth-order valence-electron chi connectivity index (χ4n) is 3.97. The van der Waals surface area contributed by atoms with Crippen LogP contribution in [-0.2, 0) is 4.79 Å². The van der Waals surface area contributed by atoms with Gasteiger partial charge in [-0.05, 0) is 51.6 Å². The van der Waals surface area contributed by atoms with Crippen LogP contribution in [0.1, 0.15) is 38.5 Å². The normalized spacial score (nSPS) is 30.0. The van der Waals surface area contributed by atoms with Crippen LogP contribution in [0.15, 0.2) is 0 Å². The summed E-state index contributed by atoms with van der Waals surface area (Å²) in [7, 11) is 0. The summed E-state index contributed by atoms with van der Waals surface area (Å²) in [5, 5.41) is 0. The van der Waals surface area contributed by atoms with Crippen LogP contribution in [0.5, 0.6) is 0 Å². The van der Waals surface area contributed by atoms with Crippen molar-refractivity contribution in [3.05, 3.63) is 0 Å². The predicted octanol–water partition coefficient (Wildman–Crippen LogP) is 0.496. The topological polar surface area (TPSA) is 52.8 Å². The Bertz CT molecular complexity index is 348. The lowest BCUT2D eigenvalue weighted by Crippen LogP contribution is -2.47. The van der Waals surface area contributed by atoms with E-state index in [-0.39, 0.29) is 0 Å². The first kappa shape index (κ1) is 15.3. The molecule has 3 rings (SSSR count). The summed E-state index contributed by atoms with van der Waals surface area (Å²) in [6.07, 6.45) is 7.12. The molecule has 3 heterocycles. The van der Waals surface area contributed by atoms with E-state index in [9.17, 15) is 4.79 Å². The Balaban J connectivity index is 1.43. The molecule has 0 spiro atoms. The maximum Gasteiger partial charge on any atom is 0.236 e. The molecule has 21 heavy (non-hydrogen) atoms. The zero-order valence-electron chi connectivity index (χ0n) is 13.2. The Morgan fingerprint density at radius 2 is 1.67 bits per heavy atom. The fraction of sp³-hybridized carbons (Fsp3) is 0.938. The number of carbonyl (C=O) groups excluding carboxylic acids is 1. The summed E-state index contributed by atoms with van der Waals surface area (Å²) in [6, 6.07) is 1.05.